The van der Waals surface area contributed by atoms with Gasteiger partial charge in [-0.25, -0.2) is 0 Å². The Morgan fingerprint density at radius 2 is 1.62 bits per heavy atom. The van der Waals surface area contributed by atoms with Crippen LogP contribution in [0.5, 0.6) is 5.75 Å². The van der Waals surface area contributed by atoms with Gasteiger partial charge in [0.15, 0.2) is 6.29 Å². The van der Waals surface area contributed by atoms with E-state index in [2.05, 4.69) is 32.0 Å². The fraction of sp³-hybridized carbons (Fsp3) is 0.400. The van der Waals surface area contributed by atoms with Crippen LogP contribution in [0.1, 0.15) is 42.4 Å². The van der Waals surface area contributed by atoms with Crippen LogP contribution in [0.15, 0.2) is 36.4 Å². The highest BCUT2D eigenvalue weighted by molar-refractivity contribution is 6.30. The Balaban J connectivity index is 2.26. The van der Waals surface area contributed by atoms with Crippen LogP contribution >= 0.6 is 11.6 Å². The maximum absolute atomic E-state index is 6.13. The third-order valence-electron chi connectivity index (χ3n) is 4.09. The minimum atomic E-state index is -0.463. The molecule has 2 aromatic carbocycles. The highest BCUT2D eigenvalue weighted by atomic mass is 35.5. The van der Waals surface area contributed by atoms with E-state index in [0.717, 1.165) is 29.7 Å². The van der Waals surface area contributed by atoms with Crippen molar-refractivity contribution in [3.05, 3.63) is 63.7 Å². The summed E-state index contributed by atoms with van der Waals surface area (Å²) in [4.78, 5) is 0. The number of methoxy groups -OCH3 is 2. The van der Waals surface area contributed by atoms with Crippen molar-refractivity contribution in [2.24, 2.45) is 0 Å². The smallest absolute Gasteiger partial charge is 0.183 e. The Bertz CT molecular complexity index is 666. The van der Waals surface area contributed by atoms with Crippen LogP contribution in [0.4, 0.5) is 0 Å². The molecule has 2 aromatic rings. The van der Waals surface area contributed by atoms with Gasteiger partial charge in [0, 0.05) is 24.8 Å². The molecule has 0 unspecified atom stereocenters. The largest absolute Gasteiger partial charge is 0.489 e. The quantitative estimate of drug-likeness (QED) is 0.603. The molecule has 0 atom stereocenters. The van der Waals surface area contributed by atoms with Crippen LogP contribution in [0, 0.1) is 0 Å². The number of rotatable bonds is 8. The first kappa shape index (κ1) is 18.8. The Hall–Kier alpha value is -1.55. The number of aryl methyl sites for hydroxylation is 2. The van der Waals surface area contributed by atoms with Gasteiger partial charge in [-0.05, 0) is 47.7 Å². The van der Waals surface area contributed by atoms with Gasteiger partial charge < -0.3 is 14.2 Å². The van der Waals surface area contributed by atoms with E-state index in [-0.39, 0.29) is 0 Å². The van der Waals surface area contributed by atoms with E-state index >= 15 is 0 Å². The van der Waals surface area contributed by atoms with Crippen LogP contribution in [0.3, 0.4) is 0 Å². The third-order valence-corrected chi connectivity index (χ3v) is 4.33. The number of ether oxygens (including phenoxy) is 3. The summed E-state index contributed by atoms with van der Waals surface area (Å²) in [6, 6.07) is 12.1. The van der Waals surface area contributed by atoms with Crippen molar-refractivity contribution in [1.29, 1.82) is 0 Å². The van der Waals surface area contributed by atoms with Crippen LogP contribution in [-0.2, 0) is 28.9 Å². The fourth-order valence-electron chi connectivity index (χ4n) is 2.67. The van der Waals surface area contributed by atoms with Crippen molar-refractivity contribution in [2.75, 3.05) is 14.2 Å². The van der Waals surface area contributed by atoms with Crippen molar-refractivity contribution >= 4 is 11.6 Å². The molecule has 4 heteroatoms. The molecule has 2 rings (SSSR count). The van der Waals surface area contributed by atoms with Gasteiger partial charge in [0.2, 0.25) is 0 Å². The van der Waals surface area contributed by atoms with Crippen molar-refractivity contribution in [3.8, 4) is 5.75 Å². The van der Waals surface area contributed by atoms with Crippen molar-refractivity contribution in [3.63, 3.8) is 0 Å². The van der Waals surface area contributed by atoms with E-state index < -0.39 is 6.29 Å². The SMILES string of the molecule is CCc1ccc(CC)c(OCc2ccc(Cl)cc2C(OC)OC)c1. The molecule has 24 heavy (non-hydrogen) atoms. The van der Waals surface area contributed by atoms with E-state index in [4.69, 9.17) is 25.8 Å². The fourth-order valence-corrected chi connectivity index (χ4v) is 2.85. The van der Waals surface area contributed by atoms with E-state index in [0.29, 0.717) is 11.6 Å². The summed E-state index contributed by atoms with van der Waals surface area (Å²) in [7, 11) is 3.22. The summed E-state index contributed by atoms with van der Waals surface area (Å²) in [5.74, 6) is 0.934. The molecule has 0 amide bonds. The minimum absolute atomic E-state index is 0.440. The van der Waals surface area contributed by atoms with Crippen molar-refractivity contribution in [2.45, 2.75) is 39.6 Å². The molecule has 0 aliphatic carbocycles. The lowest BCUT2D eigenvalue weighted by molar-refractivity contribution is -0.106. The average molecular weight is 349 g/mol. The van der Waals surface area contributed by atoms with Crippen LogP contribution in [-0.4, -0.2) is 14.2 Å². The number of hydrogen-bond acceptors (Lipinski definition) is 3. The normalized spacial score (nSPS) is 11.1. The first-order valence-corrected chi connectivity index (χ1v) is 8.59. The predicted molar refractivity (Wildman–Crippen MR) is 97.7 cm³/mol. The highest BCUT2D eigenvalue weighted by Crippen LogP contribution is 2.28. The van der Waals surface area contributed by atoms with Crippen molar-refractivity contribution < 1.29 is 14.2 Å². The Morgan fingerprint density at radius 1 is 0.917 bits per heavy atom. The molecule has 0 aromatic heterocycles. The molecule has 130 valence electrons. The lowest BCUT2D eigenvalue weighted by atomic mass is 10.1. The standard InChI is InChI=1S/C20H25ClO3/c1-5-14-7-8-15(6-2)19(11-14)24-13-16-9-10-17(21)12-18(16)20(22-3)23-4/h7-12,20H,5-6,13H2,1-4H3. The van der Waals surface area contributed by atoms with Gasteiger partial charge in [-0.15, -0.1) is 0 Å². The zero-order valence-electron chi connectivity index (χ0n) is 14.8. The average Bonchev–Trinajstić information content (AvgIpc) is 2.61. The second kappa shape index (κ2) is 9.07. The van der Waals surface area contributed by atoms with Crippen LogP contribution in [0.25, 0.3) is 0 Å². The van der Waals surface area contributed by atoms with E-state index in [9.17, 15) is 0 Å². The Kier molecular flexibility index (Phi) is 7.10. The molecule has 0 fully saturated rings. The van der Waals surface area contributed by atoms with Gasteiger partial charge in [-0.1, -0.05) is 43.6 Å². The maximum atomic E-state index is 6.13. The van der Waals surface area contributed by atoms with E-state index in [1.54, 1.807) is 14.2 Å². The van der Waals surface area contributed by atoms with Crippen LogP contribution < -0.4 is 4.74 Å². The van der Waals surface area contributed by atoms with Gasteiger partial charge in [-0.3, -0.25) is 0 Å². The monoisotopic (exact) mass is 348 g/mol. The molecular weight excluding hydrogens is 324 g/mol. The molecule has 0 saturated carbocycles. The minimum Gasteiger partial charge on any atom is -0.489 e. The summed E-state index contributed by atoms with van der Waals surface area (Å²) in [6.45, 7) is 4.72. The van der Waals surface area contributed by atoms with Gasteiger partial charge in [0.1, 0.15) is 12.4 Å². The van der Waals surface area contributed by atoms with E-state index in [1.807, 2.05) is 18.2 Å². The third kappa shape index (κ3) is 4.50. The van der Waals surface area contributed by atoms with Gasteiger partial charge in [0.25, 0.3) is 0 Å². The molecule has 0 aliphatic heterocycles. The molecule has 0 aliphatic rings. The van der Waals surface area contributed by atoms with Gasteiger partial charge in [-0.2, -0.15) is 0 Å². The Labute approximate surface area is 149 Å². The molecule has 0 saturated heterocycles. The molecule has 0 N–H and O–H groups in total. The number of benzene rings is 2. The number of halogens is 1. The number of hydrogen-bond donors (Lipinski definition) is 0. The van der Waals surface area contributed by atoms with Gasteiger partial charge in [0.05, 0.1) is 0 Å². The zero-order valence-corrected chi connectivity index (χ0v) is 15.5. The first-order chi connectivity index (χ1) is 11.6. The molecule has 0 radical (unpaired) electrons. The summed E-state index contributed by atoms with van der Waals surface area (Å²) >= 11 is 6.13. The second-order valence-corrected chi connectivity index (χ2v) is 6.02. The Morgan fingerprint density at radius 3 is 2.25 bits per heavy atom. The summed E-state index contributed by atoms with van der Waals surface area (Å²) in [6.07, 6.45) is 1.46. The molecule has 3 nitrogen and oxygen atoms in total. The van der Waals surface area contributed by atoms with Crippen molar-refractivity contribution in [1.82, 2.24) is 0 Å². The molecule has 0 heterocycles. The highest BCUT2D eigenvalue weighted by Gasteiger charge is 2.15. The summed E-state index contributed by atoms with van der Waals surface area (Å²) in [5, 5.41) is 0.648. The summed E-state index contributed by atoms with van der Waals surface area (Å²) in [5.41, 5.74) is 4.36. The molecular formula is C20H25ClO3. The molecule has 0 spiro atoms. The predicted octanol–water partition coefficient (Wildman–Crippen LogP) is 5.34. The second-order valence-electron chi connectivity index (χ2n) is 5.58. The molecule has 0 bridgehead atoms. The van der Waals surface area contributed by atoms with E-state index in [1.165, 1.54) is 11.1 Å². The van der Waals surface area contributed by atoms with Gasteiger partial charge >= 0.3 is 0 Å². The summed E-state index contributed by atoms with van der Waals surface area (Å²) < 4.78 is 16.9. The lowest BCUT2D eigenvalue weighted by Gasteiger charge is -2.19. The topological polar surface area (TPSA) is 27.7 Å². The van der Waals surface area contributed by atoms with Crippen LogP contribution in [0.2, 0.25) is 5.02 Å². The maximum Gasteiger partial charge on any atom is 0.183 e. The zero-order chi connectivity index (χ0) is 17.5. The lowest BCUT2D eigenvalue weighted by Crippen LogP contribution is -2.09. The first-order valence-electron chi connectivity index (χ1n) is 8.21.